The van der Waals surface area contributed by atoms with Crippen molar-refractivity contribution in [1.29, 1.82) is 0 Å². The lowest BCUT2D eigenvalue weighted by Gasteiger charge is -2.40. The lowest BCUT2D eigenvalue weighted by molar-refractivity contribution is -0.143. The Morgan fingerprint density at radius 2 is 2.10 bits per heavy atom. The molecule has 0 aliphatic carbocycles. The van der Waals surface area contributed by atoms with Gasteiger partial charge >= 0.3 is 0 Å². The number of rotatable bonds is 3. The first-order chi connectivity index (χ1) is 9.93. The fourth-order valence-electron chi connectivity index (χ4n) is 2.82. The van der Waals surface area contributed by atoms with Crippen molar-refractivity contribution in [2.75, 3.05) is 24.6 Å². The molecule has 1 aromatic carbocycles. The third-order valence-corrected chi connectivity index (χ3v) is 5.80. The fourth-order valence-corrected chi connectivity index (χ4v) is 4.55. The number of likely N-dealkylation sites (tertiary alicyclic amines) is 1. The van der Waals surface area contributed by atoms with Gasteiger partial charge in [0.2, 0.25) is 5.91 Å². The largest absolute Gasteiger partial charge is 0.487 e. The number of carbonyl (C=O) groups excluding carboxylic acids is 1. The quantitative estimate of drug-likeness (QED) is 0.836. The first kappa shape index (κ1) is 14.4. The van der Waals surface area contributed by atoms with Gasteiger partial charge in [-0.05, 0) is 31.0 Å². The Bertz CT molecular complexity index is 649. The molecule has 1 atom stereocenters. The van der Waals surface area contributed by atoms with E-state index in [1.807, 2.05) is 31.2 Å². The molecule has 21 heavy (non-hydrogen) atoms. The summed E-state index contributed by atoms with van der Waals surface area (Å²) in [4.78, 5) is 13.9. The molecule has 2 aliphatic rings. The summed E-state index contributed by atoms with van der Waals surface area (Å²) in [5.74, 6) is 0.567. The van der Waals surface area contributed by atoms with Crippen LogP contribution >= 0.6 is 0 Å². The number of nitrogens with zero attached hydrogens (tertiary/aromatic N) is 1. The molecule has 0 aromatic heterocycles. The van der Waals surface area contributed by atoms with Gasteiger partial charge in [0.15, 0.2) is 9.84 Å². The second kappa shape index (κ2) is 5.33. The molecule has 0 N–H and O–H groups in total. The third kappa shape index (κ3) is 3.20. The van der Waals surface area contributed by atoms with Crippen LogP contribution in [0, 0.1) is 12.8 Å². The van der Waals surface area contributed by atoms with Gasteiger partial charge in [-0.3, -0.25) is 4.79 Å². The summed E-state index contributed by atoms with van der Waals surface area (Å²) in [5, 5.41) is 0. The second-order valence-electron chi connectivity index (χ2n) is 5.90. The Hall–Kier alpha value is -1.56. The van der Waals surface area contributed by atoms with Crippen molar-refractivity contribution in [3.8, 4) is 5.75 Å². The maximum absolute atomic E-state index is 12.2. The van der Waals surface area contributed by atoms with Crippen LogP contribution in [-0.2, 0) is 14.6 Å². The van der Waals surface area contributed by atoms with E-state index in [0.717, 1.165) is 11.3 Å². The summed E-state index contributed by atoms with van der Waals surface area (Å²) in [5.41, 5.74) is 1.14. The molecule has 0 unspecified atom stereocenters. The first-order valence-corrected chi connectivity index (χ1v) is 8.98. The van der Waals surface area contributed by atoms with E-state index in [9.17, 15) is 13.2 Å². The molecule has 114 valence electrons. The zero-order chi connectivity index (χ0) is 15.0. The minimum atomic E-state index is -3.00. The lowest BCUT2D eigenvalue weighted by Crippen LogP contribution is -2.57. The Kier molecular flexibility index (Phi) is 3.65. The number of aryl methyl sites for hydroxylation is 1. The average molecular weight is 309 g/mol. The minimum Gasteiger partial charge on any atom is -0.487 e. The highest BCUT2D eigenvalue weighted by atomic mass is 32.2. The number of sulfone groups is 1. The van der Waals surface area contributed by atoms with Crippen LogP contribution in [0.15, 0.2) is 24.3 Å². The van der Waals surface area contributed by atoms with E-state index >= 15 is 0 Å². The normalized spacial score (nSPS) is 24.6. The van der Waals surface area contributed by atoms with E-state index < -0.39 is 9.84 Å². The summed E-state index contributed by atoms with van der Waals surface area (Å²) in [6.07, 6.45) is 0.468. The zero-order valence-corrected chi connectivity index (χ0v) is 12.8. The zero-order valence-electron chi connectivity index (χ0n) is 12.0. The first-order valence-electron chi connectivity index (χ1n) is 7.15. The monoisotopic (exact) mass is 309 g/mol. The molecule has 0 saturated carbocycles. The van der Waals surface area contributed by atoms with Gasteiger partial charge < -0.3 is 9.64 Å². The van der Waals surface area contributed by atoms with Crippen LogP contribution < -0.4 is 4.74 Å². The fraction of sp³-hybridized carbons (Fsp3) is 0.533. The molecule has 0 radical (unpaired) electrons. The SMILES string of the molecule is Cc1cccc(OC2CN(C(=O)[C@@H]3CCS(=O)(=O)C3)C2)c1. The highest BCUT2D eigenvalue weighted by Gasteiger charge is 2.40. The smallest absolute Gasteiger partial charge is 0.227 e. The number of hydrogen-bond donors (Lipinski definition) is 0. The molecule has 2 heterocycles. The highest BCUT2D eigenvalue weighted by Crippen LogP contribution is 2.25. The van der Waals surface area contributed by atoms with Crippen molar-refractivity contribution in [2.45, 2.75) is 19.4 Å². The van der Waals surface area contributed by atoms with Crippen LogP contribution in [0.5, 0.6) is 5.75 Å². The van der Waals surface area contributed by atoms with E-state index in [1.165, 1.54) is 0 Å². The standard InChI is InChI=1S/C15H19NO4S/c1-11-3-2-4-13(7-11)20-14-8-16(9-14)15(17)12-5-6-21(18,19)10-12/h2-4,7,12,14H,5-6,8-10H2,1H3/t12-/m1/s1. The lowest BCUT2D eigenvalue weighted by atomic mass is 10.0. The van der Waals surface area contributed by atoms with E-state index in [-0.39, 0.29) is 29.4 Å². The molecule has 2 fully saturated rings. The van der Waals surface area contributed by atoms with Crippen LogP contribution in [0.1, 0.15) is 12.0 Å². The Balaban J connectivity index is 1.51. The molecule has 2 aliphatic heterocycles. The number of amides is 1. The summed E-state index contributed by atoms with van der Waals surface area (Å²) < 4.78 is 28.6. The molecule has 1 amide bonds. The molecule has 3 rings (SSSR count). The molecule has 2 saturated heterocycles. The Labute approximate surface area is 124 Å². The van der Waals surface area contributed by atoms with E-state index in [0.29, 0.717) is 19.5 Å². The third-order valence-electron chi connectivity index (χ3n) is 4.03. The van der Waals surface area contributed by atoms with Gasteiger partial charge in [-0.1, -0.05) is 12.1 Å². The van der Waals surface area contributed by atoms with Crippen molar-refractivity contribution in [2.24, 2.45) is 5.92 Å². The summed E-state index contributed by atoms with van der Waals surface area (Å²) >= 11 is 0. The summed E-state index contributed by atoms with van der Waals surface area (Å²) in [6, 6.07) is 7.81. The van der Waals surface area contributed by atoms with E-state index in [2.05, 4.69) is 0 Å². The topological polar surface area (TPSA) is 63.7 Å². The van der Waals surface area contributed by atoms with Crippen LogP contribution in [0.25, 0.3) is 0 Å². The van der Waals surface area contributed by atoms with Crippen LogP contribution in [0.2, 0.25) is 0 Å². The van der Waals surface area contributed by atoms with Gasteiger partial charge in [0.25, 0.3) is 0 Å². The molecule has 0 bridgehead atoms. The predicted octanol–water partition coefficient (Wildman–Crippen LogP) is 1.02. The van der Waals surface area contributed by atoms with Gasteiger partial charge in [-0.2, -0.15) is 0 Å². The summed E-state index contributed by atoms with van der Waals surface area (Å²) in [7, 11) is -3.00. The van der Waals surface area contributed by atoms with Gasteiger partial charge in [0, 0.05) is 0 Å². The average Bonchev–Trinajstić information content (AvgIpc) is 2.73. The van der Waals surface area contributed by atoms with Gasteiger partial charge in [0.05, 0.1) is 30.5 Å². The minimum absolute atomic E-state index is 0.00569. The number of hydrogen-bond acceptors (Lipinski definition) is 4. The van der Waals surface area contributed by atoms with Crippen LogP contribution in [0.4, 0.5) is 0 Å². The van der Waals surface area contributed by atoms with Gasteiger partial charge in [-0.15, -0.1) is 0 Å². The van der Waals surface area contributed by atoms with Gasteiger partial charge in [0.1, 0.15) is 11.9 Å². The van der Waals surface area contributed by atoms with Gasteiger partial charge in [-0.25, -0.2) is 8.42 Å². The molecule has 6 heteroatoms. The van der Waals surface area contributed by atoms with Crippen molar-refractivity contribution in [1.82, 2.24) is 4.90 Å². The highest BCUT2D eigenvalue weighted by molar-refractivity contribution is 7.91. The molecular weight excluding hydrogens is 290 g/mol. The molecular formula is C15H19NO4S. The van der Waals surface area contributed by atoms with Crippen molar-refractivity contribution < 1.29 is 17.9 Å². The predicted molar refractivity (Wildman–Crippen MR) is 78.9 cm³/mol. The molecule has 1 aromatic rings. The maximum atomic E-state index is 12.2. The van der Waals surface area contributed by atoms with Crippen LogP contribution in [0.3, 0.4) is 0 Å². The van der Waals surface area contributed by atoms with E-state index in [1.54, 1.807) is 4.90 Å². The molecule has 0 spiro atoms. The Morgan fingerprint density at radius 3 is 2.71 bits per heavy atom. The number of benzene rings is 1. The van der Waals surface area contributed by atoms with Crippen molar-refractivity contribution in [3.63, 3.8) is 0 Å². The van der Waals surface area contributed by atoms with E-state index in [4.69, 9.17) is 4.74 Å². The van der Waals surface area contributed by atoms with Crippen LogP contribution in [-0.4, -0.2) is 49.9 Å². The van der Waals surface area contributed by atoms with Crippen molar-refractivity contribution in [3.05, 3.63) is 29.8 Å². The summed E-state index contributed by atoms with van der Waals surface area (Å²) in [6.45, 7) is 3.09. The molecule has 5 nitrogen and oxygen atoms in total. The van der Waals surface area contributed by atoms with Crippen molar-refractivity contribution >= 4 is 15.7 Å². The number of ether oxygens (including phenoxy) is 1. The maximum Gasteiger partial charge on any atom is 0.227 e. The Morgan fingerprint density at radius 1 is 1.33 bits per heavy atom. The number of carbonyl (C=O) groups is 1. The second-order valence-corrected chi connectivity index (χ2v) is 8.13.